The van der Waals surface area contributed by atoms with E-state index in [0.29, 0.717) is 5.92 Å². The monoisotopic (exact) mass is 326 g/mol. The fourth-order valence-corrected chi connectivity index (χ4v) is 2.61. The average molecular weight is 327 g/mol. The van der Waals surface area contributed by atoms with Crippen molar-refractivity contribution in [2.45, 2.75) is 45.3 Å². The smallest absolute Gasteiger partial charge is 0.103 e. The van der Waals surface area contributed by atoms with E-state index in [1.165, 1.54) is 6.42 Å². The lowest BCUT2D eigenvalue weighted by molar-refractivity contribution is -0.0317. The van der Waals surface area contributed by atoms with Crippen molar-refractivity contribution in [3.8, 4) is 0 Å². The molecule has 2 heterocycles. The van der Waals surface area contributed by atoms with Crippen LogP contribution in [0.1, 0.15) is 45.4 Å². The summed E-state index contributed by atoms with van der Waals surface area (Å²) in [6.07, 6.45) is 4.31. The van der Waals surface area contributed by atoms with E-state index in [9.17, 15) is 0 Å². The largest absolute Gasteiger partial charge is 0.372 e. The molecule has 19 heavy (non-hydrogen) atoms. The summed E-state index contributed by atoms with van der Waals surface area (Å²) in [7, 11) is 0. The highest BCUT2D eigenvalue weighted by molar-refractivity contribution is 9.10. The van der Waals surface area contributed by atoms with Gasteiger partial charge in [-0.1, -0.05) is 0 Å². The molecule has 4 heteroatoms. The summed E-state index contributed by atoms with van der Waals surface area (Å²) in [5.74, 6) is 0.502. The van der Waals surface area contributed by atoms with Crippen molar-refractivity contribution >= 4 is 15.9 Å². The van der Waals surface area contributed by atoms with Crippen LogP contribution in [0, 0.1) is 5.92 Å². The first-order chi connectivity index (χ1) is 8.96. The van der Waals surface area contributed by atoms with E-state index >= 15 is 0 Å². The number of hydrogen-bond acceptors (Lipinski definition) is 3. The van der Waals surface area contributed by atoms with Crippen molar-refractivity contribution in [1.29, 1.82) is 0 Å². The third kappa shape index (κ3) is 4.55. The molecule has 0 spiro atoms. The van der Waals surface area contributed by atoms with E-state index in [0.717, 1.165) is 29.7 Å². The predicted molar refractivity (Wildman–Crippen MR) is 81.1 cm³/mol. The molecule has 1 aliphatic rings. The van der Waals surface area contributed by atoms with Crippen LogP contribution in [0.15, 0.2) is 22.8 Å². The highest BCUT2D eigenvalue weighted by Crippen LogP contribution is 2.32. The number of ether oxygens (including phenoxy) is 1. The number of pyridine rings is 1. The number of halogens is 1. The van der Waals surface area contributed by atoms with Crippen LogP contribution in [0.3, 0.4) is 0 Å². The molecule has 2 rings (SSSR count). The number of nitrogens with zero attached hydrogens (tertiary/aromatic N) is 1. The molecule has 0 bridgehead atoms. The van der Waals surface area contributed by atoms with Gasteiger partial charge in [-0.25, -0.2) is 0 Å². The summed E-state index contributed by atoms with van der Waals surface area (Å²) < 4.78 is 6.97. The lowest BCUT2D eigenvalue weighted by Crippen LogP contribution is -2.41. The third-order valence-corrected chi connectivity index (χ3v) is 3.85. The quantitative estimate of drug-likeness (QED) is 0.919. The Kier molecular flexibility index (Phi) is 4.98. The Labute approximate surface area is 124 Å². The lowest BCUT2D eigenvalue weighted by atomic mass is 9.91. The highest BCUT2D eigenvalue weighted by Gasteiger charge is 2.29. The van der Waals surface area contributed by atoms with E-state index < -0.39 is 0 Å². The van der Waals surface area contributed by atoms with Crippen LogP contribution in [0.4, 0.5) is 0 Å². The molecule has 1 aromatic rings. The Morgan fingerprint density at radius 1 is 1.42 bits per heavy atom. The van der Waals surface area contributed by atoms with Crippen LogP contribution < -0.4 is 5.32 Å². The summed E-state index contributed by atoms with van der Waals surface area (Å²) in [6, 6.07) is 4.10. The average Bonchev–Trinajstić information content (AvgIpc) is 2.37. The van der Waals surface area contributed by atoms with E-state index in [-0.39, 0.29) is 11.6 Å². The van der Waals surface area contributed by atoms with Crippen LogP contribution >= 0.6 is 15.9 Å². The van der Waals surface area contributed by atoms with E-state index in [2.05, 4.69) is 53.1 Å². The maximum absolute atomic E-state index is 5.96. The first kappa shape index (κ1) is 14.9. The molecule has 0 aromatic carbocycles. The summed E-state index contributed by atoms with van der Waals surface area (Å²) in [5.41, 5.74) is 1.19. The summed E-state index contributed by atoms with van der Waals surface area (Å²) >= 11 is 3.43. The molecule has 0 aliphatic carbocycles. The Bertz CT molecular complexity index is 400. The number of rotatable bonds is 3. The van der Waals surface area contributed by atoms with Crippen molar-refractivity contribution in [2.75, 3.05) is 13.2 Å². The van der Waals surface area contributed by atoms with Crippen LogP contribution in [-0.2, 0) is 4.74 Å². The van der Waals surface area contributed by atoms with Crippen LogP contribution in [0.5, 0.6) is 0 Å². The van der Waals surface area contributed by atoms with Crippen LogP contribution in [0.2, 0.25) is 0 Å². The molecule has 1 N–H and O–H groups in total. The molecule has 2 atom stereocenters. The zero-order valence-corrected chi connectivity index (χ0v) is 13.5. The summed E-state index contributed by atoms with van der Waals surface area (Å²) in [4.78, 5) is 4.50. The van der Waals surface area contributed by atoms with Crippen molar-refractivity contribution in [3.63, 3.8) is 0 Å². The molecular formula is C15H23BrN2O. The molecule has 0 saturated carbocycles. The van der Waals surface area contributed by atoms with Gasteiger partial charge >= 0.3 is 0 Å². The molecule has 106 valence electrons. The Morgan fingerprint density at radius 2 is 2.21 bits per heavy atom. The van der Waals surface area contributed by atoms with Crippen molar-refractivity contribution in [3.05, 3.63) is 28.5 Å². The second kappa shape index (κ2) is 6.33. The minimum absolute atomic E-state index is 0.122. The molecule has 2 unspecified atom stereocenters. The Morgan fingerprint density at radius 3 is 2.84 bits per heavy atom. The number of hydrogen-bond donors (Lipinski definition) is 1. The second-order valence-electron chi connectivity index (χ2n) is 6.23. The number of nitrogens with one attached hydrogen (secondary N) is 1. The maximum Gasteiger partial charge on any atom is 0.103 e. The van der Waals surface area contributed by atoms with Gasteiger partial charge < -0.3 is 10.1 Å². The minimum atomic E-state index is 0.122. The van der Waals surface area contributed by atoms with Gasteiger partial charge in [-0.3, -0.25) is 4.98 Å². The van der Waals surface area contributed by atoms with Gasteiger partial charge in [-0.05, 0) is 61.7 Å². The standard InChI is InChI=1S/C15H23BrN2O/c1-15(2,3)18-9-11-5-4-8-19-14(11)13-7-6-12(16)10-17-13/h6-7,10-11,14,18H,4-5,8-9H2,1-3H3. The van der Waals surface area contributed by atoms with Gasteiger partial charge in [0, 0.05) is 35.3 Å². The molecule has 1 aromatic heterocycles. The first-order valence-corrected chi connectivity index (χ1v) is 7.73. The minimum Gasteiger partial charge on any atom is -0.372 e. The molecule has 1 saturated heterocycles. The van der Waals surface area contributed by atoms with E-state index in [1.54, 1.807) is 0 Å². The Hall–Kier alpha value is -0.450. The fraction of sp³-hybridized carbons (Fsp3) is 0.667. The zero-order chi connectivity index (χ0) is 13.9. The molecule has 3 nitrogen and oxygen atoms in total. The molecule has 1 aliphatic heterocycles. The fourth-order valence-electron chi connectivity index (χ4n) is 2.37. The van der Waals surface area contributed by atoms with Crippen LogP contribution in [-0.4, -0.2) is 23.7 Å². The normalized spacial score (nSPS) is 24.4. The van der Waals surface area contributed by atoms with Gasteiger partial charge in [0.2, 0.25) is 0 Å². The predicted octanol–water partition coefficient (Wildman–Crippen LogP) is 3.70. The van der Waals surface area contributed by atoms with Crippen molar-refractivity contribution in [1.82, 2.24) is 10.3 Å². The van der Waals surface area contributed by atoms with Crippen molar-refractivity contribution < 1.29 is 4.74 Å². The zero-order valence-electron chi connectivity index (χ0n) is 11.9. The van der Waals surface area contributed by atoms with Gasteiger partial charge in [0.05, 0.1) is 5.69 Å². The van der Waals surface area contributed by atoms with Gasteiger partial charge in [0.15, 0.2) is 0 Å². The SMILES string of the molecule is CC(C)(C)NCC1CCCOC1c1ccc(Br)cn1. The topological polar surface area (TPSA) is 34.1 Å². The molecule has 0 amide bonds. The van der Waals surface area contributed by atoms with Gasteiger partial charge in [0.25, 0.3) is 0 Å². The lowest BCUT2D eigenvalue weighted by Gasteiger charge is -2.34. The van der Waals surface area contributed by atoms with Gasteiger partial charge in [0.1, 0.15) is 6.10 Å². The number of aromatic nitrogens is 1. The van der Waals surface area contributed by atoms with Crippen molar-refractivity contribution in [2.24, 2.45) is 5.92 Å². The highest BCUT2D eigenvalue weighted by atomic mass is 79.9. The Balaban J connectivity index is 2.05. The second-order valence-corrected chi connectivity index (χ2v) is 7.14. The maximum atomic E-state index is 5.96. The van der Waals surface area contributed by atoms with Crippen LogP contribution in [0.25, 0.3) is 0 Å². The first-order valence-electron chi connectivity index (χ1n) is 6.94. The van der Waals surface area contributed by atoms with E-state index in [1.807, 2.05) is 12.3 Å². The summed E-state index contributed by atoms with van der Waals surface area (Å²) in [5, 5.41) is 3.59. The third-order valence-electron chi connectivity index (χ3n) is 3.38. The molecule has 1 fully saturated rings. The van der Waals surface area contributed by atoms with E-state index in [4.69, 9.17) is 4.74 Å². The molecule has 0 radical (unpaired) electrons. The summed E-state index contributed by atoms with van der Waals surface area (Å²) in [6.45, 7) is 8.41. The van der Waals surface area contributed by atoms with Gasteiger partial charge in [-0.2, -0.15) is 0 Å². The molecular weight excluding hydrogens is 304 g/mol. The van der Waals surface area contributed by atoms with Gasteiger partial charge in [-0.15, -0.1) is 0 Å².